The van der Waals surface area contributed by atoms with Crippen molar-refractivity contribution >= 4 is 50.8 Å². The lowest BCUT2D eigenvalue weighted by Crippen LogP contribution is -2.48. The highest BCUT2D eigenvalue weighted by atomic mass is 79.9. The predicted molar refractivity (Wildman–Crippen MR) is 114 cm³/mol. The number of thiocarbonyl (C=S) groups is 1. The number of rotatable bonds is 6. The molecule has 9 nitrogen and oxygen atoms in total. The number of halogens is 1. The van der Waals surface area contributed by atoms with Gasteiger partial charge in [0.1, 0.15) is 5.75 Å². The molecule has 0 aliphatic rings. The van der Waals surface area contributed by atoms with Gasteiger partial charge < -0.3 is 4.74 Å². The minimum Gasteiger partial charge on any atom is -0.492 e. The van der Waals surface area contributed by atoms with E-state index in [9.17, 15) is 19.7 Å². The van der Waals surface area contributed by atoms with Crippen LogP contribution in [-0.4, -0.2) is 28.5 Å². The lowest BCUT2D eigenvalue weighted by Gasteiger charge is -2.12. The number of hydrogen-bond acceptors (Lipinski definition) is 6. The molecule has 0 bridgehead atoms. The van der Waals surface area contributed by atoms with E-state index in [0.717, 1.165) is 6.42 Å². The highest BCUT2D eigenvalue weighted by molar-refractivity contribution is 9.10. The number of hydrogen-bond donors (Lipinski definition) is 3. The fraction of sp³-hybridized carbons (Fsp3) is 0.167. The van der Waals surface area contributed by atoms with Crippen LogP contribution in [0.4, 0.5) is 5.69 Å². The Morgan fingerprint density at radius 3 is 2.34 bits per heavy atom. The first-order valence-corrected chi connectivity index (χ1v) is 9.60. The zero-order valence-electron chi connectivity index (χ0n) is 15.2. The zero-order chi connectivity index (χ0) is 21.4. The average Bonchev–Trinajstić information content (AvgIpc) is 2.71. The molecule has 0 saturated heterocycles. The molecule has 0 atom stereocenters. The molecular weight excluding hydrogens is 464 g/mol. The van der Waals surface area contributed by atoms with Crippen molar-refractivity contribution in [3.63, 3.8) is 0 Å². The van der Waals surface area contributed by atoms with E-state index >= 15 is 0 Å². The number of ether oxygens (including phenoxy) is 1. The van der Waals surface area contributed by atoms with E-state index < -0.39 is 16.7 Å². The first-order valence-electron chi connectivity index (χ1n) is 8.40. The fourth-order valence-electron chi connectivity index (χ4n) is 2.10. The number of nitrogens with zero attached hydrogens (tertiary/aromatic N) is 1. The number of benzene rings is 2. The standard InChI is InChI=1S/C18H17BrN4O5S/c1-2-9-28-15-8-5-12(10-14(15)19)16(24)20-18(29)22-21-17(25)11-3-6-13(7-4-11)23(26)27/h3-8,10H,2,9H2,1H3,(H,21,25)(H2,20,22,24,29). The maximum atomic E-state index is 12.3. The fourth-order valence-corrected chi connectivity index (χ4v) is 2.73. The van der Waals surface area contributed by atoms with Gasteiger partial charge in [-0.25, -0.2) is 0 Å². The summed E-state index contributed by atoms with van der Waals surface area (Å²) in [7, 11) is 0. The van der Waals surface area contributed by atoms with Crippen molar-refractivity contribution in [2.24, 2.45) is 0 Å². The molecule has 0 aliphatic heterocycles. The van der Waals surface area contributed by atoms with Crippen molar-refractivity contribution in [2.75, 3.05) is 6.61 Å². The number of carbonyl (C=O) groups excluding carboxylic acids is 2. The summed E-state index contributed by atoms with van der Waals surface area (Å²) < 4.78 is 6.16. The monoisotopic (exact) mass is 480 g/mol. The number of hydrazine groups is 1. The zero-order valence-corrected chi connectivity index (χ0v) is 17.6. The van der Waals surface area contributed by atoms with Crippen LogP contribution in [-0.2, 0) is 0 Å². The molecule has 3 N–H and O–H groups in total. The number of nitro groups is 1. The highest BCUT2D eigenvalue weighted by Crippen LogP contribution is 2.26. The van der Waals surface area contributed by atoms with E-state index in [1.165, 1.54) is 24.3 Å². The van der Waals surface area contributed by atoms with Gasteiger partial charge in [0, 0.05) is 23.3 Å². The van der Waals surface area contributed by atoms with Crippen LogP contribution in [0.25, 0.3) is 0 Å². The summed E-state index contributed by atoms with van der Waals surface area (Å²) in [5, 5.41) is 12.9. The molecule has 0 radical (unpaired) electrons. The van der Waals surface area contributed by atoms with Gasteiger partial charge in [-0.1, -0.05) is 6.92 Å². The third-order valence-electron chi connectivity index (χ3n) is 3.51. The normalized spacial score (nSPS) is 10.0. The molecule has 0 saturated carbocycles. The first-order chi connectivity index (χ1) is 13.8. The molecule has 2 aromatic carbocycles. The Morgan fingerprint density at radius 1 is 1.10 bits per heavy atom. The Balaban J connectivity index is 1.88. The summed E-state index contributed by atoms with van der Waals surface area (Å²) in [4.78, 5) is 34.4. The molecule has 0 aromatic heterocycles. The largest absolute Gasteiger partial charge is 0.492 e. The third-order valence-corrected chi connectivity index (χ3v) is 4.34. The number of carbonyl (C=O) groups is 2. The maximum Gasteiger partial charge on any atom is 0.269 e. The van der Waals surface area contributed by atoms with Crippen LogP contribution in [0, 0.1) is 10.1 Å². The SMILES string of the molecule is CCCOc1ccc(C(=O)NC(=S)NNC(=O)c2ccc([N+](=O)[O-])cc2)cc1Br. The van der Waals surface area contributed by atoms with Gasteiger partial charge in [0.25, 0.3) is 17.5 Å². The molecule has 0 heterocycles. The van der Waals surface area contributed by atoms with E-state index in [1.54, 1.807) is 18.2 Å². The maximum absolute atomic E-state index is 12.3. The number of amides is 2. The Kier molecular flexibility index (Phi) is 8.04. The third kappa shape index (κ3) is 6.50. The summed E-state index contributed by atoms with van der Waals surface area (Å²) in [6.45, 7) is 2.55. The second-order valence-corrected chi connectivity index (χ2v) is 6.92. The lowest BCUT2D eigenvalue weighted by atomic mass is 10.2. The molecule has 0 unspecified atom stereocenters. The van der Waals surface area contributed by atoms with Crippen LogP contribution >= 0.6 is 28.1 Å². The Labute approximate surface area is 180 Å². The van der Waals surface area contributed by atoms with Crippen molar-refractivity contribution in [1.29, 1.82) is 0 Å². The minimum absolute atomic E-state index is 0.118. The molecule has 0 fully saturated rings. The first kappa shape index (κ1) is 22.2. The van der Waals surface area contributed by atoms with Crippen LogP contribution in [0.1, 0.15) is 34.1 Å². The summed E-state index contributed by atoms with van der Waals surface area (Å²) in [5.74, 6) is -0.425. The molecule has 0 aliphatic carbocycles. The van der Waals surface area contributed by atoms with Gasteiger partial charge in [-0.15, -0.1) is 0 Å². The molecule has 152 valence electrons. The van der Waals surface area contributed by atoms with E-state index in [2.05, 4.69) is 32.1 Å². The molecule has 29 heavy (non-hydrogen) atoms. The minimum atomic E-state index is -0.573. The second kappa shape index (κ2) is 10.5. The quantitative estimate of drug-likeness (QED) is 0.329. The van der Waals surface area contributed by atoms with Crippen molar-refractivity contribution in [2.45, 2.75) is 13.3 Å². The Morgan fingerprint density at radius 2 is 1.76 bits per heavy atom. The molecule has 2 rings (SSSR count). The Bertz CT molecular complexity index is 936. The van der Waals surface area contributed by atoms with Crippen molar-refractivity contribution in [1.82, 2.24) is 16.2 Å². The van der Waals surface area contributed by atoms with Crippen LogP contribution < -0.4 is 20.9 Å². The van der Waals surface area contributed by atoms with E-state index in [0.29, 0.717) is 22.4 Å². The summed E-state index contributed by atoms with van der Waals surface area (Å²) in [5.41, 5.74) is 5.10. The van der Waals surface area contributed by atoms with Gasteiger partial charge in [-0.3, -0.25) is 35.9 Å². The summed E-state index contributed by atoms with van der Waals surface area (Å²) >= 11 is 8.33. The predicted octanol–water partition coefficient (Wildman–Crippen LogP) is 3.10. The van der Waals surface area contributed by atoms with E-state index in [-0.39, 0.29) is 16.4 Å². The van der Waals surface area contributed by atoms with Crippen LogP contribution in [0.5, 0.6) is 5.75 Å². The van der Waals surface area contributed by atoms with Crippen LogP contribution in [0.15, 0.2) is 46.9 Å². The van der Waals surface area contributed by atoms with Crippen LogP contribution in [0.2, 0.25) is 0 Å². The van der Waals surface area contributed by atoms with E-state index in [1.807, 2.05) is 6.92 Å². The molecule has 11 heteroatoms. The van der Waals surface area contributed by atoms with Crippen molar-refractivity contribution in [3.05, 3.63) is 68.2 Å². The van der Waals surface area contributed by atoms with Crippen molar-refractivity contribution in [3.8, 4) is 5.75 Å². The molecule has 0 spiro atoms. The van der Waals surface area contributed by atoms with Gasteiger partial charge in [0.2, 0.25) is 0 Å². The smallest absolute Gasteiger partial charge is 0.269 e. The van der Waals surface area contributed by atoms with Crippen LogP contribution in [0.3, 0.4) is 0 Å². The topological polar surface area (TPSA) is 123 Å². The average molecular weight is 481 g/mol. The number of nitrogens with one attached hydrogen (secondary N) is 3. The number of non-ortho nitro benzene ring substituents is 1. The van der Waals surface area contributed by atoms with Gasteiger partial charge in [-0.05, 0) is 64.9 Å². The highest BCUT2D eigenvalue weighted by Gasteiger charge is 2.13. The van der Waals surface area contributed by atoms with E-state index in [4.69, 9.17) is 17.0 Å². The summed E-state index contributed by atoms with van der Waals surface area (Å²) in [6, 6.07) is 9.87. The summed E-state index contributed by atoms with van der Waals surface area (Å²) in [6.07, 6.45) is 0.861. The van der Waals surface area contributed by atoms with Gasteiger partial charge in [0.15, 0.2) is 5.11 Å². The second-order valence-electron chi connectivity index (χ2n) is 5.66. The Hall–Kier alpha value is -3.05. The van der Waals surface area contributed by atoms with Crippen molar-refractivity contribution < 1.29 is 19.2 Å². The van der Waals surface area contributed by atoms with Gasteiger partial charge in [-0.2, -0.15) is 0 Å². The molecular formula is C18H17BrN4O5S. The molecule has 2 amide bonds. The number of nitro benzene ring substituents is 1. The lowest BCUT2D eigenvalue weighted by molar-refractivity contribution is -0.384. The molecule has 2 aromatic rings. The van der Waals surface area contributed by atoms with Gasteiger partial charge in [0.05, 0.1) is 16.0 Å². The van der Waals surface area contributed by atoms with Gasteiger partial charge >= 0.3 is 0 Å².